The molecule has 1 unspecified atom stereocenters. The molecule has 0 spiro atoms. The van der Waals surface area contributed by atoms with E-state index in [-0.39, 0.29) is 5.91 Å². The maximum absolute atomic E-state index is 11.9. The number of carbonyl (C=O) groups is 1. The van der Waals surface area contributed by atoms with Gasteiger partial charge >= 0.3 is 0 Å². The van der Waals surface area contributed by atoms with E-state index in [0.717, 1.165) is 23.5 Å². The van der Waals surface area contributed by atoms with Crippen LogP contribution in [0.1, 0.15) is 6.42 Å². The van der Waals surface area contributed by atoms with E-state index in [2.05, 4.69) is 17.6 Å². The van der Waals surface area contributed by atoms with E-state index in [4.69, 9.17) is 4.42 Å². The second-order valence-electron chi connectivity index (χ2n) is 4.26. The molecule has 1 aliphatic rings. The van der Waals surface area contributed by atoms with Crippen molar-refractivity contribution in [1.82, 2.24) is 4.98 Å². The van der Waals surface area contributed by atoms with Crippen LogP contribution in [0.3, 0.4) is 0 Å². The van der Waals surface area contributed by atoms with Crippen molar-refractivity contribution in [1.29, 1.82) is 0 Å². The molecule has 1 amide bonds. The third kappa shape index (κ3) is 1.80. The standard InChI is InChI=1S/C12H12N2O2S/c15-12-3-8(6-17)5-14(12)9-1-2-10-11(4-9)16-7-13-10/h1-2,4,7-8,17H,3,5-6H2. The van der Waals surface area contributed by atoms with Gasteiger partial charge in [-0.3, -0.25) is 4.79 Å². The Morgan fingerprint density at radius 1 is 1.53 bits per heavy atom. The number of carbonyl (C=O) groups excluding carboxylic acids is 1. The molecule has 3 rings (SSSR count). The van der Waals surface area contributed by atoms with E-state index in [9.17, 15) is 4.79 Å². The first-order chi connectivity index (χ1) is 8.28. The van der Waals surface area contributed by atoms with Gasteiger partial charge in [0, 0.05) is 24.7 Å². The molecular weight excluding hydrogens is 236 g/mol. The maximum atomic E-state index is 11.9. The van der Waals surface area contributed by atoms with Gasteiger partial charge in [0.15, 0.2) is 12.0 Å². The van der Waals surface area contributed by atoms with E-state index in [1.54, 1.807) is 4.90 Å². The Morgan fingerprint density at radius 2 is 2.41 bits per heavy atom. The van der Waals surface area contributed by atoms with Crippen molar-refractivity contribution in [2.75, 3.05) is 17.2 Å². The van der Waals surface area contributed by atoms with Gasteiger partial charge in [0.25, 0.3) is 0 Å². The smallest absolute Gasteiger partial charge is 0.227 e. The first-order valence-electron chi connectivity index (χ1n) is 5.52. The highest BCUT2D eigenvalue weighted by Crippen LogP contribution is 2.28. The summed E-state index contributed by atoms with van der Waals surface area (Å²) in [7, 11) is 0. The average molecular weight is 248 g/mol. The summed E-state index contributed by atoms with van der Waals surface area (Å²) in [6.07, 6.45) is 1.99. The zero-order chi connectivity index (χ0) is 11.8. The van der Waals surface area contributed by atoms with Crippen LogP contribution in [0.2, 0.25) is 0 Å². The van der Waals surface area contributed by atoms with Crippen LogP contribution in [0.4, 0.5) is 5.69 Å². The van der Waals surface area contributed by atoms with Gasteiger partial charge < -0.3 is 9.32 Å². The number of anilines is 1. The zero-order valence-corrected chi connectivity index (χ0v) is 10.1. The Kier molecular flexibility index (Phi) is 2.55. The van der Waals surface area contributed by atoms with Crippen LogP contribution in [0, 0.1) is 5.92 Å². The normalized spacial score (nSPS) is 20.4. The van der Waals surface area contributed by atoms with Crippen molar-refractivity contribution in [3.8, 4) is 0 Å². The molecule has 88 valence electrons. The summed E-state index contributed by atoms with van der Waals surface area (Å²) >= 11 is 4.25. The minimum atomic E-state index is 0.155. The minimum Gasteiger partial charge on any atom is -0.443 e. The highest BCUT2D eigenvalue weighted by atomic mass is 32.1. The van der Waals surface area contributed by atoms with Gasteiger partial charge in [-0.2, -0.15) is 12.6 Å². The van der Waals surface area contributed by atoms with Crippen molar-refractivity contribution < 1.29 is 9.21 Å². The number of benzene rings is 1. The lowest BCUT2D eigenvalue weighted by Crippen LogP contribution is -2.24. The highest BCUT2D eigenvalue weighted by Gasteiger charge is 2.29. The Bertz CT molecular complexity index is 566. The minimum absolute atomic E-state index is 0.155. The number of thiol groups is 1. The fraction of sp³-hybridized carbons (Fsp3) is 0.333. The lowest BCUT2D eigenvalue weighted by Gasteiger charge is -2.16. The molecule has 2 aromatic rings. The van der Waals surface area contributed by atoms with Crippen molar-refractivity contribution in [2.45, 2.75) is 6.42 Å². The van der Waals surface area contributed by atoms with Gasteiger partial charge in [-0.05, 0) is 23.8 Å². The quantitative estimate of drug-likeness (QED) is 0.828. The monoisotopic (exact) mass is 248 g/mol. The molecule has 0 N–H and O–H groups in total. The molecule has 1 fully saturated rings. The number of fused-ring (bicyclic) bond motifs is 1. The molecule has 0 radical (unpaired) electrons. The summed E-state index contributed by atoms with van der Waals surface area (Å²) < 4.78 is 5.24. The molecule has 1 aromatic carbocycles. The second-order valence-corrected chi connectivity index (χ2v) is 4.63. The predicted octanol–water partition coefficient (Wildman–Crippen LogP) is 2.11. The number of aromatic nitrogens is 1. The van der Waals surface area contributed by atoms with E-state index in [0.29, 0.717) is 17.9 Å². The highest BCUT2D eigenvalue weighted by molar-refractivity contribution is 7.80. The Balaban J connectivity index is 1.95. The van der Waals surface area contributed by atoms with Gasteiger partial charge in [0.1, 0.15) is 5.52 Å². The van der Waals surface area contributed by atoms with E-state index < -0.39 is 0 Å². The molecule has 4 nitrogen and oxygen atoms in total. The van der Waals surface area contributed by atoms with Crippen molar-refractivity contribution in [2.24, 2.45) is 5.92 Å². The fourth-order valence-corrected chi connectivity index (χ4v) is 2.41. The number of amides is 1. The topological polar surface area (TPSA) is 46.3 Å². The van der Waals surface area contributed by atoms with Crippen LogP contribution in [0.5, 0.6) is 0 Å². The molecule has 1 saturated heterocycles. The molecule has 17 heavy (non-hydrogen) atoms. The van der Waals surface area contributed by atoms with Gasteiger partial charge in [0.05, 0.1) is 0 Å². The Morgan fingerprint density at radius 3 is 3.18 bits per heavy atom. The lowest BCUT2D eigenvalue weighted by molar-refractivity contribution is -0.117. The molecular formula is C12H12N2O2S. The van der Waals surface area contributed by atoms with Crippen molar-refractivity contribution in [3.05, 3.63) is 24.6 Å². The van der Waals surface area contributed by atoms with Crippen LogP contribution in [-0.2, 0) is 4.79 Å². The molecule has 0 aliphatic carbocycles. The van der Waals surface area contributed by atoms with E-state index >= 15 is 0 Å². The number of oxazole rings is 1. The number of nitrogens with zero attached hydrogens (tertiary/aromatic N) is 2. The van der Waals surface area contributed by atoms with Gasteiger partial charge in [-0.1, -0.05) is 0 Å². The fourth-order valence-electron chi connectivity index (χ4n) is 2.17. The average Bonchev–Trinajstić information content (AvgIpc) is 2.93. The Labute approximate surface area is 104 Å². The first-order valence-corrected chi connectivity index (χ1v) is 6.15. The first kappa shape index (κ1) is 10.7. The summed E-state index contributed by atoms with van der Waals surface area (Å²) in [5, 5.41) is 0. The number of hydrogen-bond acceptors (Lipinski definition) is 4. The summed E-state index contributed by atoms with van der Waals surface area (Å²) in [6, 6.07) is 5.64. The molecule has 1 aliphatic heterocycles. The van der Waals surface area contributed by atoms with E-state index in [1.165, 1.54) is 6.39 Å². The van der Waals surface area contributed by atoms with Gasteiger partial charge in [0.2, 0.25) is 5.91 Å². The SMILES string of the molecule is O=C1CC(CS)CN1c1ccc2ncoc2c1. The third-order valence-corrected chi connectivity index (χ3v) is 3.61. The van der Waals surface area contributed by atoms with Crippen LogP contribution in [-0.4, -0.2) is 23.2 Å². The molecule has 5 heteroatoms. The van der Waals surface area contributed by atoms with Crippen LogP contribution < -0.4 is 4.90 Å². The molecule has 0 saturated carbocycles. The van der Waals surface area contributed by atoms with Crippen molar-refractivity contribution in [3.63, 3.8) is 0 Å². The zero-order valence-electron chi connectivity index (χ0n) is 9.17. The van der Waals surface area contributed by atoms with Gasteiger partial charge in [-0.25, -0.2) is 4.98 Å². The number of hydrogen-bond donors (Lipinski definition) is 1. The number of rotatable bonds is 2. The summed E-state index contributed by atoms with van der Waals surface area (Å²) in [5.74, 6) is 1.24. The largest absolute Gasteiger partial charge is 0.443 e. The lowest BCUT2D eigenvalue weighted by atomic mass is 10.1. The predicted molar refractivity (Wildman–Crippen MR) is 68.3 cm³/mol. The maximum Gasteiger partial charge on any atom is 0.227 e. The van der Waals surface area contributed by atoms with Crippen molar-refractivity contribution >= 4 is 35.3 Å². The summed E-state index contributed by atoms with van der Waals surface area (Å²) in [6.45, 7) is 0.738. The molecule has 1 aromatic heterocycles. The second kappa shape index (κ2) is 4.07. The van der Waals surface area contributed by atoms with Crippen LogP contribution >= 0.6 is 12.6 Å². The third-order valence-electron chi connectivity index (χ3n) is 3.09. The summed E-state index contributed by atoms with van der Waals surface area (Å²) in [5.41, 5.74) is 2.40. The summed E-state index contributed by atoms with van der Waals surface area (Å²) in [4.78, 5) is 17.7. The van der Waals surface area contributed by atoms with Crippen LogP contribution in [0.25, 0.3) is 11.1 Å². The van der Waals surface area contributed by atoms with Gasteiger partial charge in [-0.15, -0.1) is 0 Å². The van der Waals surface area contributed by atoms with Crippen LogP contribution in [0.15, 0.2) is 29.0 Å². The van der Waals surface area contributed by atoms with E-state index in [1.807, 2.05) is 18.2 Å². The molecule has 1 atom stereocenters. The Hall–Kier alpha value is -1.49. The molecule has 2 heterocycles. The molecule has 0 bridgehead atoms.